The van der Waals surface area contributed by atoms with Gasteiger partial charge in [0.2, 0.25) is 5.28 Å². The van der Waals surface area contributed by atoms with E-state index in [9.17, 15) is 0 Å². The summed E-state index contributed by atoms with van der Waals surface area (Å²) in [6.45, 7) is 0. The van der Waals surface area contributed by atoms with Crippen molar-refractivity contribution in [3.8, 4) is 11.5 Å². The molecule has 0 fully saturated rings. The van der Waals surface area contributed by atoms with E-state index in [1.165, 1.54) is 23.3 Å². The zero-order valence-corrected chi connectivity index (χ0v) is 15.6. The Bertz CT molecular complexity index is 942. The highest BCUT2D eigenvalue weighted by Crippen LogP contribution is 2.41. The van der Waals surface area contributed by atoms with Gasteiger partial charge in [-0.1, -0.05) is 0 Å². The minimum absolute atomic E-state index is 0.246. The lowest BCUT2D eigenvalue weighted by Crippen LogP contribution is -2.02. The van der Waals surface area contributed by atoms with Crippen LogP contribution in [0.25, 0.3) is 10.2 Å². The van der Waals surface area contributed by atoms with Gasteiger partial charge in [-0.05, 0) is 55.0 Å². The Labute approximate surface area is 155 Å². The number of benzene rings is 1. The molecule has 1 N–H and O–H groups in total. The molecule has 0 atom stereocenters. The molecule has 1 aliphatic rings. The largest absolute Gasteiger partial charge is 0.497 e. The summed E-state index contributed by atoms with van der Waals surface area (Å²) in [5.41, 5.74) is 2.14. The van der Waals surface area contributed by atoms with Crippen molar-refractivity contribution in [3.05, 3.63) is 33.9 Å². The Morgan fingerprint density at radius 3 is 2.76 bits per heavy atom. The minimum Gasteiger partial charge on any atom is -0.497 e. The summed E-state index contributed by atoms with van der Waals surface area (Å²) in [6, 6.07) is 5.61. The molecule has 4 rings (SSSR count). The quantitative estimate of drug-likeness (QED) is 0.651. The van der Waals surface area contributed by atoms with E-state index in [1.807, 2.05) is 18.2 Å². The summed E-state index contributed by atoms with van der Waals surface area (Å²) in [6.07, 6.45) is 4.59. The van der Waals surface area contributed by atoms with Crippen molar-refractivity contribution in [2.75, 3.05) is 19.5 Å². The summed E-state index contributed by atoms with van der Waals surface area (Å²) in [7, 11) is 3.28. The molecule has 0 saturated heterocycles. The van der Waals surface area contributed by atoms with Crippen LogP contribution in [0.1, 0.15) is 23.3 Å². The Morgan fingerprint density at radius 2 is 1.96 bits per heavy atom. The second-order valence-corrected chi connectivity index (χ2v) is 7.35. The zero-order valence-electron chi connectivity index (χ0n) is 14.1. The van der Waals surface area contributed by atoms with Gasteiger partial charge in [0.25, 0.3) is 0 Å². The number of hydrogen-bond donors (Lipinski definition) is 1. The number of fused-ring (bicyclic) bond motifs is 3. The van der Waals surface area contributed by atoms with Crippen LogP contribution in [0.5, 0.6) is 11.5 Å². The van der Waals surface area contributed by atoms with E-state index >= 15 is 0 Å². The molecular formula is C18H18ClN3O2S. The van der Waals surface area contributed by atoms with Crippen molar-refractivity contribution in [2.24, 2.45) is 0 Å². The van der Waals surface area contributed by atoms with Gasteiger partial charge in [0.15, 0.2) is 0 Å². The Morgan fingerprint density at radius 1 is 1.12 bits per heavy atom. The van der Waals surface area contributed by atoms with E-state index < -0.39 is 0 Å². The molecule has 7 heteroatoms. The molecule has 130 valence electrons. The molecule has 0 spiro atoms. The number of aryl methyl sites for hydroxylation is 2. The first kappa shape index (κ1) is 16.4. The van der Waals surface area contributed by atoms with Gasteiger partial charge >= 0.3 is 0 Å². The van der Waals surface area contributed by atoms with Crippen LogP contribution in [-0.4, -0.2) is 24.2 Å². The van der Waals surface area contributed by atoms with Crippen LogP contribution in [0, 0.1) is 0 Å². The predicted octanol–water partition coefficient (Wildman–Crippen LogP) is 4.98. The average molecular weight is 376 g/mol. The maximum Gasteiger partial charge on any atom is 0.225 e. The third kappa shape index (κ3) is 3.00. The van der Waals surface area contributed by atoms with E-state index in [0.717, 1.165) is 40.3 Å². The molecule has 1 aromatic carbocycles. The van der Waals surface area contributed by atoms with E-state index in [0.29, 0.717) is 5.75 Å². The van der Waals surface area contributed by atoms with Gasteiger partial charge in [-0.15, -0.1) is 11.3 Å². The first-order valence-corrected chi connectivity index (χ1v) is 9.36. The monoisotopic (exact) mass is 375 g/mol. The Hall–Kier alpha value is -2.05. The fourth-order valence-electron chi connectivity index (χ4n) is 3.26. The molecule has 25 heavy (non-hydrogen) atoms. The van der Waals surface area contributed by atoms with Gasteiger partial charge < -0.3 is 14.8 Å². The van der Waals surface area contributed by atoms with Gasteiger partial charge in [0.05, 0.1) is 25.3 Å². The molecule has 5 nitrogen and oxygen atoms in total. The fourth-order valence-corrected chi connectivity index (χ4v) is 4.74. The maximum atomic E-state index is 6.17. The van der Waals surface area contributed by atoms with Crippen LogP contribution in [0.3, 0.4) is 0 Å². The molecule has 0 radical (unpaired) electrons. The smallest absolute Gasteiger partial charge is 0.225 e. The number of hydrogen-bond acceptors (Lipinski definition) is 6. The molecule has 0 amide bonds. The summed E-state index contributed by atoms with van der Waals surface area (Å²) in [5.74, 6) is 2.18. The Kier molecular flexibility index (Phi) is 4.39. The first-order chi connectivity index (χ1) is 12.2. The molecule has 0 unspecified atom stereocenters. The van der Waals surface area contributed by atoms with E-state index in [4.69, 9.17) is 21.1 Å². The SMILES string of the molecule is COc1ccc(OC)c(Nc2nc(Cl)nc3sc4c(c23)CCCC4)c1. The molecule has 2 heterocycles. The summed E-state index contributed by atoms with van der Waals surface area (Å²) in [4.78, 5) is 11.2. The normalized spacial score (nSPS) is 13.6. The lowest BCUT2D eigenvalue weighted by molar-refractivity contribution is 0.405. The highest BCUT2D eigenvalue weighted by molar-refractivity contribution is 7.19. The van der Waals surface area contributed by atoms with Crippen LogP contribution >= 0.6 is 22.9 Å². The number of halogens is 1. The molecular weight excluding hydrogens is 358 g/mol. The van der Waals surface area contributed by atoms with Gasteiger partial charge in [-0.3, -0.25) is 0 Å². The number of nitrogens with zero attached hydrogens (tertiary/aromatic N) is 2. The molecule has 0 saturated carbocycles. The summed E-state index contributed by atoms with van der Waals surface area (Å²) < 4.78 is 10.8. The summed E-state index contributed by atoms with van der Waals surface area (Å²) >= 11 is 7.90. The van der Waals surface area contributed by atoms with Crippen molar-refractivity contribution in [2.45, 2.75) is 25.7 Å². The third-order valence-corrected chi connectivity index (χ3v) is 5.80. The molecule has 2 aromatic heterocycles. The number of rotatable bonds is 4. The second kappa shape index (κ2) is 6.69. The predicted molar refractivity (Wildman–Crippen MR) is 102 cm³/mol. The number of thiophene rings is 1. The minimum atomic E-state index is 0.246. The average Bonchev–Trinajstić information content (AvgIpc) is 2.99. The molecule has 0 aliphatic heterocycles. The van der Waals surface area contributed by atoms with Gasteiger partial charge in [0, 0.05) is 10.9 Å². The van der Waals surface area contributed by atoms with Crippen molar-refractivity contribution < 1.29 is 9.47 Å². The van der Waals surface area contributed by atoms with Crippen molar-refractivity contribution >= 4 is 44.7 Å². The van der Waals surface area contributed by atoms with Crippen molar-refractivity contribution in [1.82, 2.24) is 9.97 Å². The van der Waals surface area contributed by atoms with Gasteiger partial charge in [-0.2, -0.15) is 4.98 Å². The maximum absolute atomic E-state index is 6.17. The molecule has 1 aliphatic carbocycles. The van der Waals surface area contributed by atoms with Gasteiger partial charge in [-0.25, -0.2) is 4.98 Å². The van der Waals surface area contributed by atoms with E-state index in [1.54, 1.807) is 25.6 Å². The topological polar surface area (TPSA) is 56.3 Å². The number of ether oxygens (including phenoxy) is 2. The standard InChI is InChI=1S/C18H18ClN3O2S/c1-23-10-7-8-13(24-2)12(9-10)20-16-15-11-5-3-4-6-14(11)25-17(15)22-18(19)21-16/h7-9H,3-6H2,1-2H3,(H,20,21,22). The van der Waals surface area contributed by atoms with Crippen molar-refractivity contribution in [3.63, 3.8) is 0 Å². The van der Waals surface area contributed by atoms with Crippen LogP contribution in [-0.2, 0) is 12.8 Å². The number of nitrogens with one attached hydrogen (secondary N) is 1. The number of anilines is 2. The van der Waals surface area contributed by atoms with E-state index in [2.05, 4.69) is 15.3 Å². The summed E-state index contributed by atoms with van der Waals surface area (Å²) in [5, 5.41) is 4.71. The lowest BCUT2D eigenvalue weighted by atomic mass is 9.97. The van der Waals surface area contributed by atoms with Crippen molar-refractivity contribution in [1.29, 1.82) is 0 Å². The van der Waals surface area contributed by atoms with E-state index in [-0.39, 0.29) is 5.28 Å². The first-order valence-electron chi connectivity index (χ1n) is 8.16. The number of aromatic nitrogens is 2. The highest BCUT2D eigenvalue weighted by Gasteiger charge is 2.21. The van der Waals surface area contributed by atoms with Crippen LogP contribution in [0.2, 0.25) is 5.28 Å². The highest BCUT2D eigenvalue weighted by atomic mass is 35.5. The molecule has 0 bridgehead atoms. The third-order valence-electron chi connectivity index (χ3n) is 4.45. The fraction of sp³-hybridized carbons (Fsp3) is 0.333. The number of methoxy groups -OCH3 is 2. The zero-order chi connectivity index (χ0) is 17.4. The lowest BCUT2D eigenvalue weighted by Gasteiger charge is -2.15. The Balaban J connectivity index is 1.85. The van der Waals surface area contributed by atoms with Crippen LogP contribution < -0.4 is 14.8 Å². The molecule has 3 aromatic rings. The second-order valence-electron chi connectivity index (χ2n) is 5.92. The van der Waals surface area contributed by atoms with Crippen LogP contribution in [0.4, 0.5) is 11.5 Å². The van der Waals surface area contributed by atoms with Crippen LogP contribution in [0.15, 0.2) is 18.2 Å². The van der Waals surface area contributed by atoms with Gasteiger partial charge in [0.1, 0.15) is 22.1 Å².